The largest absolute Gasteiger partial charge is 0.387 e. The molecule has 0 aliphatic rings. The van der Waals surface area contributed by atoms with Crippen LogP contribution >= 0.6 is 0 Å². The number of carbonyl (C=O) groups is 2. The number of aliphatic hydroxyl groups excluding tert-OH is 1. The topological polar surface area (TPSA) is 78.4 Å². The molecule has 5 nitrogen and oxygen atoms in total. The molecule has 120 valence electrons. The molecule has 0 radical (unpaired) electrons. The highest BCUT2D eigenvalue weighted by atomic mass is 16.3. The first-order valence-electron chi connectivity index (χ1n) is 7.37. The van der Waals surface area contributed by atoms with E-state index in [2.05, 4.69) is 10.6 Å². The Bertz CT molecular complexity index is 713. The van der Waals surface area contributed by atoms with Crippen LogP contribution in [0, 0.1) is 13.8 Å². The second-order valence-corrected chi connectivity index (χ2v) is 5.35. The zero-order valence-electron chi connectivity index (χ0n) is 13.2. The van der Waals surface area contributed by atoms with Crippen LogP contribution < -0.4 is 10.6 Å². The van der Waals surface area contributed by atoms with Crippen LogP contribution in [0.3, 0.4) is 0 Å². The highest BCUT2D eigenvalue weighted by molar-refractivity contribution is 6.39. The molecule has 5 heteroatoms. The minimum atomic E-state index is -0.855. The van der Waals surface area contributed by atoms with Crippen molar-refractivity contribution in [1.29, 1.82) is 0 Å². The number of amides is 2. The minimum Gasteiger partial charge on any atom is -0.387 e. The van der Waals surface area contributed by atoms with Crippen LogP contribution in [0.25, 0.3) is 0 Å². The Morgan fingerprint density at radius 1 is 0.957 bits per heavy atom. The summed E-state index contributed by atoms with van der Waals surface area (Å²) < 4.78 is 0. The summed E-state index contributed by atoms with van der Waals surface area (Å²) in [4.78, 5) is 23.7. The van der Waals surface area contributed by atoms with Crippen LogP contribution in [-0.2, 0) is 9.59 Å². The van der Waals surface area contributed by atoms with Gasteiger partial charge in [0.15, 0.2) is 0 Å². The molecular weight excluding hydrogens is 292 g/mol. The van der Waals surface area contributed by atoms with E-state index in [0.29, 0.717) is 5.69 Å². The van der Waals surface area contributed by atoms with E-state index < -0.39 is 17.9 Å². The molecule has 0 fully saturated rings. The molecule has 0 aromatic heterocycles. The number of aryl methyl sites for hydroxylation is 2. The van der Waals surface area contributed by atoms with E-state index >= 15 is 0 Å². The Morgan fingerprint density at radius 2 is 1.57 bits per heavy atom. The van der Waals surface area contributed by atoms with E-state index in [1.54, 1.807) is 18.2 Å². The fraction of sp³-hybridized carbons (Fsp3) is 0.222. The number of aliphatic hydroxyl groups is 1. The number of carbonyl (C=O) groups excluding carboxylic acids is 2. The fourth-order valence-corrected chi connectivity index (χ4v) is 2.23. The summed E-state index contributed by atoms with van der Waals surface area (Å²) in [5.41, 5.74) is 3.12. The van der Waals surface area contributed by atoms with Crippen molar-refractivity contribution in [2.24, 2.45) is 0 Å². The van der Waals surface area contributed by atoms with Crippen LogP contribution in [-0.4, -0.2) is 23.5 Å². The average Bonchev–Trinajstić information content (AvgIpc) is 2.54. The molecule has 0 bridgehead atoms. The molecular formula is C18H20N2O3. The van der Waals surface area contributed by atoms with Crippen LogP contribution in [0.15, 0.2) is 48.5 Å². The van der Waals surface area contributed by atoms with Crippen molar-refractivity contribution in [3.8, 4) is 0 Å². The first-order chi connectivity index (χ1) is 11.0. The van der Waals surface area contributed by atoms with Crippen molar-refractivity contribution < 1.29 is 14.7 Å². The zero-order chi connectivity index (χ0) is 16.8. The van der Waals surface area contributed by atoms with Crippen LogP contribution in [0.5, 0.6) is 0 Å². The maximum atomic E-state index is 11.9. The Balaban J connectivity index is 1.91. The molecule has 0 saturated carbocycles. The lowest BCUT2D eigenvalue weighted by atomic mass is 10.0. The molecule has 23 heavy (non-hydrogen) atoms. The van der Waals surface area contributed by atoms with Gasteiger partial charge in [-0.1, -0.05) is 42.5 Å². The average molecular weight is 312 g/mol. The second-order valence-electron chi connectivity index (χ2n) is 5.35. The molecule has 0 saturated heterocycles. The van der Waals surface area contributed by atoms with Crippen molar-refractivity contribution >= 4 is 17.5 Å². The lowest BCUT2D eigenvalue weighted by Crippen LogP contribution is -2.37. The number of rotatable bonds is 4. The summed E-state index contributed by atoms with van der Waals surface area (Å²) in [5, 5.41) is 15.1. The van der Waals surface area contributed by atoms with Gasteiger partial charge in [-0.25, -0.2) is 0 Å². The normalized spacial score (nSPS) is 11.6. The van der Waals surface area contributed by atoms with Crippen molar-refractivity contribution in [1.82, 2.24) is 5.32 Å². The number of para-hydroxylation sites is 1. The van der Waals surface area contributed by atoms with Crippen molar-refractivity contribution in [3.63, 3.8) is 0 Å². The van der Waals surface area contributed by atoms with Crippen molar-refractivity contribution in [2.45, 2.75) is 20.0 Å². The number of benzene rings is 2. The predicted molar refractivity (Wildman–Crippen MR) is 89.0 cm³/mol. The Morgan fingerprint density at radius 3 is 2.22 bits per heavy atom. The molecule has 3 N–H and O–H groups in total. The van der Waals surface area contributed by atoms with Gasteiger partial charge in [0.2, 0.25) is 0 Å². The van der Waals surface area contributed by atoms with E-state index in [0.717, 1.165) is 16.7 Å². The molecule has 0 aliphatic heterocycles. The Labute approximate surface area is 135 Å². The van der Waals surface area contributed by atoms with Gasteiger partial charge >= 0.3 is 11.8 Å². The fourth-order valence-electron chi connectivity index (χ4n) is 2.23. The standard InChI is InChI=1S/C18H20N2O3/c1-12-7-3-5-9-14(12)16(21)11-19-17(22)18(23)20-15-10-6-4-8-13(15)2/h3-10,16,21H,11H2,1-2H3,(H,19,22)(H,20,23). The summed E-state index contributed by atoms with van der Waals surface area (Å²) in [6.45, 7) is 3.70. The summed E-state index contributed by atoms with van der Waals surface area (Å²) >= 11 is 0. The van der Waals surface area contributed by atoms with Crippen LogP contribution in [0.2, 0.25) is 0 Å². The van der Waals surface area contributed by atoms with Crippen molar-refractivity contribution in [2.75, 3.05) is 11.9 Å². The summed E-state index contributed by atoms with van der Waals surface area (Å²) in [6.07, 6.45) is -0.855. The Hall–Kier alpha value is -2.66. The zero-order valence-corrected chi connectivity index (χ0v) is 13.2. The maximum Gasteiger partial charge on any atom is 0.313 e. The first-order valence-corrected chi connectivity index (χ1v) is 7.37. The lowest BCUT2D eigenvalue weighted by molar-refractivity contribution is -0.136. The molecule has 1 unspecified atom stereocenters. The molecule has 0 heterocycles. The van der Waals surface area contributed by atoms with Gasteiger partial charge < -0.3 is 15.7 Å². The van der Waals surface area contributed by atoms with Gasteiger partial charge in [0.05, 0.1) is 6.10 Å². The minimum absolute atomic E-state index is 0.0229. The third kappa shape index (κ3) is 4.40. The van der Waals surface area contributed by atoms with Gasteiger partial charge in [-0.2, -0.15) is 0 Å². The molecule has 0 spiro atoms. The summed E-state index contributed by atoms with van der Waals surface area (Å²) in [7, 11) is 0. The van der Waals surface area contributed by atoms with Gasteiger partial charge in [-0.05, 0) is 36.6 Å². The highest BCUT2D eigenvalue weighted by Crippen LogP contribution is 2.16. The first kappa shape index (κ1) is 16.7. The van der Waals surface area contributed by atoms with E-state index in [9.17, 15) is 14.7 Å². The SMILES string of the molecule is Cc1ccccc1NC(=O)C(=O)NCC(O)c1ccccc1C. The summed E-state index contributed by atoms with van der Waals surface area (Å²) in [6, 6.07) is 14.6. The number of nitrogens with one attached hydrogen (secondary N) is 2. The molecule has 2 rings (SSSR count). The third-order valence-corrected chi connectivity index (χ3v) is 3.60. The lowest BCUT2D eigenvalue weighted by Gasteiger charge is -2.14. The molecule has 0 aliphatic carbocycles. The number of hydrogen-bond acceptors (Lipinski definition) is 3. The predicted octanol–water partition coefficient (Wildman–Crippen LogP) is 2.09. The van der Waals surface area contributed by atoms with Crippen LogP contribution in [0.4, 0.5) is 5.69 Å². The van der Waals surface area contributed by atoms with E-state index in [1.807, 2.05) is 44.2 Å². The third-order valence-electron chi connectivity index (χ3n) is 3.60. The summed E-state index contributed by atoms with van der Waals surface area (Å²) in [5.74, 6) is -1.53. The van der Waals surface area contributed by atoms with E-state index in [4.69, 9.17) is 0 Å². The second kappa shape index (κ2) is 7.56. The molecule has 2 aromatic carbocycles. The van der Waals surface area contributed by atoms with E-state index in [1.165, 1.54) is 0 Å². The smallest absolute Gasteiger partial charge is 0.313 e. The van der Waals surface area contributed by atoms with E-state index in [-0.39, 0.29) is 6.54 Å². The van der Waals surface area contributed by atoms with Gasteiger partial charge in [0, 0.05) is 12.2 Å². The number of anilines is 1. The van der Waals surface area contributed by atoms with Gasteiger partial charge in [-0.15, -0.1) is 0 Å². The molecule has 2 amide bonds. The van der Waals surface area contributed by atoms with Gasteiger partial charge in [0.1, 0.15) is 0 Å². The molecule has 2 aromatic rings. The molecule has 1 atom stereocenters. The number of hydrogen-bond donors (Lipinski definition) is 3. The Kier molecular flexibility index (Phi) is 5.49. The van der Waals surface area contributed by atoms with Gasteiger partial charge in [-0.3, -0.25) is 9.59 Å². The van der Waals surface area contributed by atoms with Gasteiger partial charge in [0.25, 0.3) is 0 Å². The quantitative estimate of drug-likeness (QED) is 0.757. The monoisotopic (exact) mass is 312 g/mol. The highest BCUT2D eigenvalue weighted by Gasteiger charge is 2.17. The maximum absolute atomic E-state index is 11.9. The van der Waals surface area contributed by atoms with Crippen LogP contribution in [0.1, 0.15) is 22.8 Å². The van der Waals surface area contributed by atoms with Crippen molar-refractivity contribution in [3.05, 3.63) is 65.2 Å².